The molecule has 1 aromatic heterocycles. The molecule has 3 rings (SSSR count). The Morgan fingerprint density at radius 2 is 2.00 bits per heavy atom. The molecule has 1 heterocycles. The van der Waals surface area contributed by atoms with Gasteiger partial charge in [0.25, 0.3) is 0 Å². The van der Waals surface area contributed by atoms with E-state index in [0.717, 1.165) is 11.3 Å². The molecule has 0 bridgehead atoms. The van der Waals surface area contributed by atoms with Crippen molar-refractivity contribution >= 4 is 45.5 Å². The molecule has 5 nitrogen and oxygen atoms in total. The number of rotatable bonds is 6. The molecule has 0 aliphatic heterocycles. The molecule has 0 aliphatic rings. The van der Waals surface area contributed by atoms with Crippen molar-refractivity contribution in [1.82, 2.24) is 10.2 Å². The van der Waals surface area contributed by atoms with Gasteiger partial charge < -0.3 is 10.6 Å². The van der Waals surface area contributed by atoms with E-state index < -0.39 is 0 Å². The normalized spacial score (nSPS) is 10.6. The maximum absolute atomic E-state index is 13.1. The maximum atomic E-state index is 13.1. The average molecular weight is 388 g/mol. The molecule has 0 aliphatic carbocycles. The highest BCUT2D eigenvalue weighted by molar-refractivity contribution is 8.01. The molecule has 0 saturated carbocycles. The van der Waals surface area contributed by atoms with E-state index in [9.17, 15) is 9.18 Å². The minimum atomic E-state index is -0.387. The van der Waals surface area contributed by atoms with Crippen molar-refractivity contribution in [1.29, 1.82) is 0 Å². The van der Waals surface area contributed by atoms with Crippen LogP contribution < -0.4 is 10.6 Å². The molecule has 0 radical (unpaired) electrons. The smallest absolute Gasteiger partial charge is 0.234 e. The third-order valence-electron chi connectivity index (χ3n) is 3.69. The summed E-state index contributed by atoms with van der Waals surface area (Å²) in [5.74, 6) is -0.434. The van der Waals surface area contributed by atoms with Gasteiger partial charge in [0.1, 0.15) is 5.82 Å². The van der Waals surface area contributed by atoms with Crippen LogP contribution in [0.25, 0.3) is 0 Å². The maximum Gasteiger partial charge on any atom is 0.234 e. The van der Waals surface area contributed by atoms with E-state index in [-0.39, 0.29) is 17.5 Å². The Morgan fingerprint density at radius 1 is 1.19 bits per heavy atom. The minimum Gasteiger partial charge on any atom is -0.330 e. The van der Waals surface area contributed by atoms with Gasteiger partial charge >= 0.3 is 0 Å². The van der Waals surface area contributed by atoms with Crippen molar-refractivity contribution in [2.45, 2.75) is 18.2 Å². The first-order chi connectivity index (χ1) is 12.5. The summed E-state index contributed by atoms with van der Waals surface area (Å²) < 4.78 is 13.8. The van der Waals surface area contributed by atoms with Crippen molar-refractivity contribution in [3.8, 4) is 0 Å². The Balaban J connectivity index is 1.55. The lowest BCUT2D eigenvalue weighted by Gasteiger charge is -2.08. The number of benzene rings is 2. The van der Waals surface area contributed by atoms with Crippen LogP contribution in [0.2, 0.25) is 0 Å². The van der Waals surface area contributed by atoms with Crippen LogP contribution in [0.15, 0.2) is 46.8 Å². The minimum absolute atomic E-state index is 0.175. The number of nitrogens with zero attached hydrogens (tertiary/aromatic N) is 2. The van der Waals surface area contributed by atoms with Crippen molar-refractivity contribution in [2.75, 3.05) is 16.4 Å². The van der Waals surface area contributed by atoms with E-state index in [0.29, 0.717) is 15.2 Å². The van der Waals surface area contributed by atoms with Gasteiger partial charge in [-0.05, 0) is 49.2 Å². The lowest BCUT2D eigenvalue weighted by molar-refractivity contribution is -0.113. The number of carbonyl (C=O) groups is 1. The van der Waals surface area contributed by atoms with Crippen LogP contribution in [0, 0.1) is 19.7 Å². The predicted molar refractivity (Wildman–Crippen MR) is 105 cm³/mol. The SMILES string of the molecule is Cc1cccc(Nc2nnc(SCC(=O)Nc3cccc(F)c3)s2)c1C. The highest BCUT2D eigenvalue weighted by Crippen LogP contribution is 2.29. The number of carbonyl (C=O) groups excluding carboxylic acids is 1. The van der Waals surface area contributed by atoms with Crippen molar-refractivity contribution < 1.29 is 9.18 Å². The third kappa shape index (κ3) is 4.80. The summed E-state index contributed by atoms with van der Waals surface area (Å²) >= 11 is 2.67. The fourth-order valence-corrected chi connectivity index (χ4v) is 3.78. The van der Waals surface area contributed by atoms with Crippen LogP contribution in [-0.4, -0.2) is 21.9 Å². The number of halogens is 1. The monoisotopic (exact) mass is 388 g/mol. The number of aryl methyl sites for hydroxylation is 1. The number of thioether (sulfide) groups is 1. The van der Waals surface area contributed by atoms with Gasteiger partial charge in [-0.3, -0.25) is 4.79 Å². The Morgan fingerprint density at radius 3 is 2.81 bits per heavy atom. The number of anilines is 3. The molecule has 2 N–H and O–H groups in total. The zero-order valence-electron chi connectivity index (χ0n) is 14.2. The molecule has 1 amide bonds. The largest absolute Gasteiger partial charge is 0.330 e. The summed E-state index contributed by atoms with van der Waals surface area (Å²) in [5, 5.41) is 14.8. The zero-order valence-corrected chi connectivity index (χ0v) is 15.9. The molecule has 2 aromatic carbocycles. The Labute approximate surface area is 159 Å². The lowest BCUT2D eigenvalue weighted by Crippen LogP contribution is -2.13. The number of amides is 1. The first-order valence-corrected chi connectivity index (χ1v) is 9.66. The van der Waals surface area contributed by atoms with Crippen LogP contribution >= 0.6 is 23.1 Å². The van der Waals surface area contributed by atoms with Crippen molar-refractivity contribution in [2.24, 2.45) is 0 Å². The van der Waals surface area contributed by atoms with Gasteiger partial charge in [-0.2, -0.15) is 0 Å². The van der Waals surface area contributed by atoms with Gasteiger partial charge in [0.2, 0.25) is 11.0 Å². The fraction of sp³-hybridized carbons (Fsp3) is 0.167. The van der Waals surface area contributed by atoms with Gasteiger partial charge in [-0.25, -0.2) is 4.39 Å². The second kappa shape index (κ2) is 8.29. The molecule has 0 unspecified atom stereocenters. The Bertz CT molecular complexity index is 929. The molecule has 0 spiro atoms. The molecule has 26 heavy (non-hydrogen) atoms. The van der Waals surface area contributed by atoms with Gasteiger partial charge in [-0.1, -0.05) is 41.3 Å². The van der Waals surface area contributed by atoms with E-state index in [1.54, 1.807) is 12.1 Å². The topological polar surface area (TPSA) is 66.9 Å². The molecule has 0 fully saturated rings. The summed E-state index contributed by atoms with van der Waals surface area (Å²) in [4.78, 5) is 12.0. The number of nitrogens with one attached hydrogen (secondary N) is 2. The standard InChI is InChI=1S/C18H17FN4OS2/c1-11-5-3-8-15(12(11)2)21-17-22-23-18(26-17)25-10-16(24)20-14-7-4-6-13(19)9-14/h3-9H,10H2,1-2H3,(H,20,24)(H,21,22). The summed E-state index contributed by atoms with van der Waals surface area (Å²) in [6.07, 6.45) is 0. The average Bonchev–Trinajstić information content (AvgIpc) is 3.05. The second-order valence-electron chi connectivity index (χ2n) is 5.59. The molecular formula is C18H17FN4OS2. The molecule has 0 atom stereocenters. The van der Waals surface area contributed by atoms with E-state index in [1.807, 2.05) is 19.1 Å². The second-order valence-corrected chi connectivity index (χ2v) is 7.79. The number of hydrogen-bond donors (Lipinski definition) is 2. The lowest BCUT2D eigenvalue weighted by atomic mass is 10.1. The Hall–Kier alpha value is -2.45. The van der Waals surface area contributed by atoms with E-state index >= 15 is 0 Å². The highest BCUT2D eigenvalue weighted by atomic mass is 32.2. The predicted octanol–water partition coefficient (Wildman–Crippen LogP) is 4.77. The van der Waals surface area contributed by atoms with Crippen molar-refractivity contribution in [3.05, 3.63) is 59.4 Å². The van der Waals surface area contributed by atoms with Gasteiger partial charge in [0, 0.05) is 11.4 Å². The van der Waals surface area contributed by atoms with E-state index in [2.05, 4.69) is 33.8 Å². The van der Waals surface area contributed by atoms with Crippen LogP contribution in [0.1, 0.15) is 11.1 Å². The van der Waals surface area contributed by atoms with Crippen molar-refractivity contribution in [3.63, 3.8) is 0 Å². The Kier molecular flexibility index (Phi) is 5.85. The first-order valence-electron chi connectivity index (χ1n) is 7.86. The van der Waals surface area contributed by atoms with Crippen LogP contribution in [0.3, 0.4) is 0 Å². The quantitative estimate of drug-likeness (QED) is 0.596. The molecule has 8 heteroatoms. The summed E-state index contributed by atoms with van der Waals surface area (Å²) in [5.41, 5.74) is 3.78. The number of aromatic nitrogens is 2. The first kappa shape index (κ1) is 18.3. The number of hydrogen-bond acceptors (Lipinski definition) is 6. The summed E-state index contributed by atoms with van der Waals surface area (Å²) in [7, 11) is 0. The van der Waals surface area contributed by atoms with E-state index in [1.165, 1.54) is 40.8 Å². The molecule has 0 saturated heterocycles. The third-order valence-corrected chi connectivity index (χ3v) is 5.66. The van der Waals surface area contributed by atoms with Gasteiger partial charge in [0.05, 0.1) is 5.75 Å². The van der Waals surface area contributed by atoms with E-state index in [4.69, 9.17) is 0 Å². The molecule has 134 valence electrons. The zero-order chi connectivity index (χ0) is 18.5. The van der Waals surface area contributed by atoms with Crippen LogP contribution in [0.5, 0.6) is 0 Å². The molecule has 3 aromatic rings. The van der Waals surface area contributed by atoms with Crippen LogP contribution in [0.4, 0.5) is 20.9 Å². The summed E-state index contributed by atoms with van der Waals surface area (Å²) in [6, 6.07) is 11.8. The van der Waals surface area contributed by atoms with Gasteiger partial charge in [0.15, 0.2) is 4.34 Å². The molecular weight excluding hydrogens is 371 g/mol. The fourth-order valence-electron chi connectivity index (χ4n) is 2.21. The summed E-state index contributed by atoms with van der Waals surface area (Å²) in [6.45, 7) is 4.10. The highest BCUT2D eigenvalue weighted by Gasteiger charge is 2.10. The van der Waals surface area contributed by atoms with Crippen LogP contribution in [-0.2, 0) is 4.79 Å². The van der Waals surface area contributed by atoms with Gasteiger partial charge in [-0.15, -0.1) is 10.2 Å².